The summed E-state index contributed by atoms with van der Waals surface area (Å²) in [4.78, 5) is 0. The third-order valence-corrected chi connectivity index (χ3v) is 3.13. The van der Waals surface area contributed by atoms with Gasteiger partial charge in [-0.05, 0) is 38.1 Å². The van der Waals surface area contributed by atoms with Gasteiger partial charge in [0.25, 0.3) is 0 Å². The topological polar surface area (TPSA) is 12.0 Å². The summed E-state index contributed by atoms with van der Waals surface area (Å²) in [7, 11) is 1.85. The van der Waals surface area contributed by atoms with Crippen molar-refractivity contribution >= 4 is 0 Å². The number of halogens is 1. The zero-order chi connectivity index (χ0) is 13.1. The number of hydrogen-bond donors (Lipinski definition) is 1. The largest absolute Gasteiger partial charge is 0.309 e. The van der Waals surface area contributed by atoms with Gasteiger partial charge in [0.2, 0.25) is 0 Å². The number of hydrogen-bond acceptors (Lipinski definition) is 1. The number of nitrogens with one attached hydrogen (secondary N) is 1. The molecule has 0 aromatic heterocycles. The zero-order valence-corrected chi connectivity index (χ0v) is 11.0. The van der Waals surface area contributed by atoms with Crippen LogP contribution in [0.15, 0.2) is 42.5 Å². The predicted octanol–water partition coefficient (Wildman–Crippen LogP) is 3.75. The lowest BCUT2D eigenvalue weighted by molar-refractivity contribution is 0.575. The molecule has 0 aliphatic carbocycles. The van der Waals surface area contributed by atoms with Crippen molar-refractivity contribution in [2.24, 2.45) is 0 Å². The van der Waals surface area contributed by atoms with Crippen LogP contribution in [-0.2, 0) is 0 Å². The molecule has 2 aromatic rings. The second kappa shape index (κ2) is 5.32. The van der Waals surface area contributed by atoms with Crippen LogP contribution < -0.4 is 5.32 Å². The van der Waals surface area contributed by atoms with E-state index < -0.39 is 0 Å². The average Bonchev–Trinajstić information content (AvgIpc) is 2.33. The summed E-state index contributed by atoms with van der Waals surface area (Å²) in [6.45, 7) is 3.94. The predicted molar refractivity (Wildman–Crippen MR) is 73.2 cm³/mol. The summed E-state index contributed by atoms with van der Waals surface area (Å²) < 4.78 is 14.0. The maximum absolute atomic E-state index is 14.0. The van der Waals surface area contributed by atoms with Gasteiger partial charge in [0.05, 0.1) is 6.04 Å². The fraction of sp³-hybridized carbons (Fsp3) is 0.250. The fourth-order valence-electron chi connectivity index (χ4n) is 2.22. The smallest absolute Gasteiger partial charge is 0.128 e. The van der Waals surface area contributed by atoms with Crippen LogP contribution in [0.25, 0.3) is 0 Å². The molecule has 0 aliphatic rings. The molecule has 1 unspecified atom stereocenters. The minimum absolute atomic E-state index is 0.106. The number of rotatable bonds is 3. The minimum atomic E-state index is -0.157. The molecule has 0 fully saturated rings. The Morgan fingerprint density at radius 1 is 1.00 bits per heavy atom. The molecule has 0 amide bonds. The molecule has 0 saturated heterocycles. The van der Waals surface area contributed by atoms with Crippen molar-refractivity contribution in [3.63, 3.8) is 0 Å². The van der Waals surface area contributed by atoms with E-state index in [4.69, 9.17) is 0 Å². The molecule has 1 N–H and O–H groups in total. The van der Waals surface area contributed by atoms with Crippen LogP contribution in [0.4, 0.5) is 4.39 Å². The van der Waals surface area contributed by atoms with E-state index in [0.717, 1.165) is 11.1 Å². The molecule has 0 radical (unpaired) electrons. The summed E-state index contributed by atoms with van der Waals surface area (Å²) in [5.74, 6) is -0.157. The molecule has 2 heteroatoms. The quantitative estimate of drug-likeness (QED) is 0.865. The Morgan fingerprint density at radius 3 is 2.33 bits per heavy atom. The first-order chi connectivity index (χ1) is 8.61. The molecule has 0 heterocycles. The lowest BCUT2D eigenvalue weighted by atomic mass is 9.96. The van der Waals surface area contributed by atoms with Crippen LogP contribution in [0, 0.1) is 19.7 Å². The van der Waals surface area contributed by atoms with Crippen LogP contribution in [0.1, 0.15) is 28.3 Å². The molecule has 0 saturated carbocycles. The van der Waals surface area contributed by atoms with Gasteiger partial charge in [0.1, 0.15) is 5.82 Å². The van der Waals surface area contributed by atoms with Gasteiger partial charge in [-0.2, -0.15) is 0 Å². The SMILES string of the molecule is CNC(c1cccc(C)c1)c1ccc(C)cc1F. The maximum atomic E-state index is 14.0. The van der Waals surface area contributed by atoms with Gasteiger partial charge in [-0.3, -0.25) is 0 Å². The van der Waals surface area contributed by atoms with Gasteiger partial charge in [-0.1, -0.05) is 42.0 Å². The third kappa shape index (κ3) is 2.59. The van der Waals surface area contributed by atoms with Gasteiger partial charge in [0.15, 0.2) is 0 Å². The summed E-state index contributed by atoms with van der Waals surface area (Å²) in [5.41, 5.74) is 3.89. The Bertz CT molecular complexity index is 549. The molecule has 0 bridgehead atoms. The lowest BCUT2D eigenvalue weighted by Gasteiger charge is -2.18. The van der Waals surface area contributed by atoms with Gasteiger partial charge in [0, 0.05) is 5.56 Å². The second-order valence-electron chi connectivity index (χ2n) is 4.66. The lowest BCUT2D eigenvalue weighted by Crippen LogP contribution is -2.19. The molecule has 2 aromatic carbocycles. The van der Waals surface area contributed by atoms with Crippen LogP contribution in [-0.4, -0.2) is 7.05 Å². The molecule has 0 spiro atoms. The monoisotopic (exact) mass is 243 g/mol. The molecular weight excluding hydrogens is 225 g/mol. The van der Waals surface area contributed by atoms with Crippen LogP contribution in [0.3, 0.4) is 0 Å². The van der Waals surface area contributed by atoms with Crippen molar-refractivity contribution in [3.05, 3.63) is 70.5 Å². The van der Waals surface area contributed by atoms with E-state index in [2.05, 4.69) is 11.4 Å². The van der Waals surface area contributed by atoms with Crippen molar-refractivity contribution in [2.75, 3.05) is 7.05 Å². The van der Waals surface area contributed by atoms with Gasteiger partial charge in [-0.25, -0.2) is 4.39 Å². The summed E-state index contributed by atoms with van der Waals surface area (Å²) in [5, 5.41) is 3.18. The Balaban J connectivity index is 2.45. The first-order valence-electron chi connectivity index (χ1n) is 6.11. The molecule has 0 aliphatic heterocycles. The highest BCUT2D eigenvalue weighted by atomic mass is 19.1. The van der Waals surface area contributed by atoms with Crippen molar-refractivity contribution in [3.8, 4) is 0 Å². The summed E-state index contributed by atoms with van der Waals surface area (Å²) in [6, 6.07) is 13.4. The normalized spacial score (nSPS) is 12.4. The molecular formula is C16H18FN. The standard InChI is InChI=1S/C16H18FN/c1-11-5-4-6-13(9-11)16(18-3)14-8-7-12(2)10-15(14)17/h4-10,16,18H,1-3H3. The highest BCUT2D eigenvalue weighted by Gasteiger charge is 2.15. The first-order valence-corrected chi connectivity index (χ1v) is 6.11. The van der Waals surface area contributed by atoms with E-state index in [0.29, 0.717) is 5.56 Å². The van der Waals surface area contributed by atoms with Crippen molar-refractivity contribution < 1.29 is 4.39 Å². The van der Waals surface area contributed by atoms with E-state index in [1.165, 1.54) is 5.56 Å². The first kappa shape index (κ1) is 12.8. The highest BCUT2D eigenvalue weighted by Crippen LogP contribution is 2.25. The molecule has 94 valence electrons. The Morgan fingerprint density at radius 2 is 1.72 bits per heavy atom. The van der Waals surface area contributed by atoms with Gasteiger partial charge < -0.3 is 5.32 Å². The van der Waals surface area contributed by atoms with E-state index in [9.17, 15) is 4.39 Å². The van der Waals surface area contributed by atoms with E-state index in [-0.39, 0.29) is 11.9 Å². The molecule has 1 nitrogen and oxygen atoms in total. The van der Waals surface area contributed by atoms with Crippen molar-refractivity contribution in [1.29, 1.82) is 0 Å². The van der Waals surface area contributed by atoms with E-state index in [1.807, 2.05) is 51.2 Å². The molecule has 1 atom stereocenters. The minimum Gasteiger partial charge on any atom is -0.309 e. The third-order valence-electron chi connectivity index (χ3n) is 3.13. The zero-order valence-electron chi connectivity index (χ0n) is 11.0. The Kier molecular flexibility index (Phi) is 3.78. The van der Waals surface area contributed by atoms with Crippen molar-refractivity contribution in [1.82, 2.24) is 5.32 Å². The van der Waals surface area contributed by atoms with E-state index in [1.54, 1.807) is 6.07 Å². The molecule has 18 heavy (non-hydrogen) atoms. The summed E-state index contributed by atoms with van der Waals surface area (Å²) >= 11 is 0. The molecule has 2 rings (SSSR count). The van der Waals surface area contributed by atoms with Crippen LogP contribution in [0.2, 0.25) is 0 Å². The van der Waals surface area contributed by atoms with Gasteiger partial charge in [-0.15, -0.1) is 0 Å². The van der Waals surface area contributed by atoms with E-state index >= 15 is 0 Å². The average molecular weight is 243 g/mol. The van der Waals surface area contributed by atoms with Gasteiger partial charge >= 0.3 is 0 Å². The number of benzene rings is 2. The van der Waals surface area contributed by atoms with Crippen molar-refractivity contribution in [2.45, 2.75) is 19.9 Å². The Labute approximate surface area is 108 Å². The van der Waals surface area contributed by atoms with Crippen LogP contribution >= 0.6 is 0 Å². The highest BCUT2D eigenvalue weighted by molar-refractivity contribution is 5.36. The Hall–Kier alpha value is -1.67. The fourth-order valence-corrected chi connectivity index (χ4v) is 2.22. The summed E-state index contributed by atoms with van der Waals surface area (Å²) in [6.07, 6.45) is 0. The van der Waals surface area contributed by atoms with Crippen LogP contribution in [0.5, 0.6) is 0 Å². The number of aryl methyl sites for hydroxylation is 2. The maximum Gasteiger partial charge on any atom is 0.128 e. The second-order valence-corrected chi connectivity index (χ2v) is 4.66.